The summed E-state index contributed by atoms with van der Waals surface area (Å²) in [7, 11) is 0. The molecule has 1 aromatic rings. The molecule has 15 heavy (non-hydrogen) atoms. The summed E-state index contributed by atoms with van der Waals surface area (Å²) in [4.78, 5) is 0. The predicted octanol–water partition coefficient (Wildman–Crippen LogP) is 2.40. The number of hydrogen-bond acceptors (Lipinski definition) is 2. The molecule has 2 nitrogen and oxygen atoms in total. The molecule has 1 aromatic carbocycles. The van der Waals surface area contributed by atoms with Gasteiger partial charge in [-0.1, -0.05) is 18.2 Å². The Balaban J connectivity index is 2.20. The summed E-state index contributed by atoms with van der Waals surface area (Å²) in [5.74, 6) is 0. The smallest absolute Gasteiger partial charge is 0.103 e. The van der Waals surface area contributed by atoms with Gasteiger partial charge in [0.1, 0.15) is 6.17 Å². The monoisotopic (exact) mass is 202 g/mol. The fourth-order valence-corrected chi connectivity index (χ4v) is 1.76. The van der Waals surface area contributed by atoms with Crippen molar-refractivity contribution in [1.82, 2.24) is 10.6 Å². The van der Waals surface area contributed by atoms with Crippen molar-refractivity contribution in [3.05, 3.63) is 46.7 Å². The first-order valence-corrected chi connectivity index (χ1v) is 5.39. The van der Waals surface area contributed by atoms with E-state index in [2.05, 4.69) is 55.8 Å². The van der Waals surface area contributed by atoms with Crippen LogP contribution in [0, 0.1) is 13.8 Å². The molecule has 1 aliphatic heterocycles. The molecular weight excluding hydrogens is 184 g/mol. The van der Waals surface area contributed by atoms with E-state index in [-0.39, 0.29) is 6.17 Å². The molecule has 1 unspecified atom stereocenters. The van der Waals surface area contributed by atoms with Crippen molar-refractivity contribution in [2.45, 2.75) is 26.9 Å². The molecule has 1 atom stereocenters. The first kappa shape index (κ1) is 10.2. The number of benzene rings is 1. The van der Waals surface area contributed by atoms with Gasteiger partial charge in [-0.25, -0.2) is 0 Å². The van der Waals surface area contributed by atoms with Crippen LogP contribution in [0.4, 0.5) is 0 Å². The molecular formula is C13H18N2. The summed E-state index contributed by atoms with van der Waals surface area (Å²) in [5, 5.41) is 6.81. The highest BCUT2D eigenvalue weighted by atomic mass is 15.1. The van der Waals surface area contributed by atoms with Crippen molar-refractivity contribution < 1.29 is 0 Å². The Hall–Kier alpha value is -1.28. The predicted molar refractivity (Wildman–Crippen MR) is 63.6 cm³/mol. The summed E-state index contributed by atoms with van der Waals surface area (Å²) < 4.78 is 0. The van der Waals surface area contributed by atoms with E-state index in [4.69, 9.17) is 0 Å². The molecule has 2 N–H and O–H groups in total. The van der Waals surface area contributed by atoms with Crippen LogP contribution >= 0.6 is 0 Å². The van der Waals surface area contributed by atoms with Gasteiger partial charge in [0.15, 0.2) is 0 Å². The van der Waals surface area contributed by atoms with Gasteiger partial charge in [0.05, 0.1) is 0 Å². The highest BCUT2D eigenvalue weighted by Gasteiger charge is 2.12. The molecule has 80 valence electrons. The summed E-state index contributed by atoms with van der Waals surface area (Å²) in [6.45, 7) is 7.38. The zero-order valence-electron chi connectivity index (χ0n) is 9.59. The highest BCUT2D eigenvalue weighted by Crippen LogP contribution is 2.17. The Bertz CT molecular complexity index is 394. The van der Waals surface area contributed by atoms with Crippen LogP contribution in [0.5, 0.6) is 0 Å². The maximum atomic E-state index is 3.45. The van der Waals surface area contributed by atoms with Crippen LogP contribution < -0.4 is 10.6 Å². The molecule has 2 heteroatoms. The second kappa shape index (κ2) is 4.07. The van der Waals surface area contributed by atoms with E-state index in [0.717, 1.165) is 6.54 Å². The van der Waals surface area contributed by atoms with E-state index in [9.17, 15) is 0 Å². The molecule has 1 aliphatic rings. The van der Waals surface area contributed by atoms with Gasteiger partial charge in [-0.3, -0.25) is 5.32 Å². The van der Waals surface area contributed by atoms with Crippen LogP contribution in [0.15, 0.2) is 30.0 Å². The maximum Gasteiger partial charge on any atom is 0.103 e. The Labute approximate surface area is 91.4 Å². The summed E-state index contributed by atoms with van der Waals surface area (Å²) >= 11 is 0. The quantitative estimate of drug-likeness (QED) is 0.730. The molecule has 2 rings (SSSR count). The van der Waals surface area contributed by atoms with Crippen molar-refractivity contribution in [1.29, 1.82) is 0 Å². The van der Waals surface area contributed by atoms with Gasteiger partial charge < -0.3 is 5.32 Å². The minimum Gasteiger partial charge on any atom is -0.372 e. The number of nitrogens with one attached hydrogen (secondary N) is 2. The SMILES string of the molecule is CC1=CNC(c2ccc(C)c(C)c2)NC1. The first-order chi connectivity index (χ1) is 7.16. The Morgan fingerprint density at radius 3 is 2.53 bits per heavy atom. The summed E-state index contributed by atoms with van der Waals surface area (Å²) in [6, 6.07) is 6.61. The van der Waals surface area contributed by atoms with E-state index < -0.39 is 0 Å². The van der Waals surface area contributed by atoms with E-state index in [1.54, 1.807) is 0 Å². The van der Waals surface area contributed by atoms with Gasteiger partial charge in [0, 0.05) is 6.54 Å². The molecule has 0 amide bonds. The van der Waals surface area contributed by atoms with Crippen molar-refractivity contribution >= 4 is 0 Å². The van der Waals surface area contributed by atoms with Gasteiger partial charge >= 0.3 is 0 Å². The minimum atomic E-state index is 0.257. The molecule has 0 bridgehead atoms. The molecule has 0 radical (unpaired) electrons. The van der Waals surface area contributed by atoms with E-state index >= 15 is 0 Å². The van der Waals surface area contributed by atoms with Crippen molar-refractivity contribution in [3.63, 3.8) is 0 Å². The van der Waals surface area contributed by atoms with Gasteiger partial charge in [0.25, 0.3) is 0 Å². The number of rotatable bonds is 1. The van der Waals surface area contributed by atoms with E-state index in [0.29, 0.717) is 0 Å². The molecule has 1 heterocycles. The standard InChI is InChI=1S/C13H18N2/c1-9-7-14-13(15-8-9)12-5-4-10(2)11(3)6-12/h4-7,13-15H,8H2,1-3H3. The van der Waals surface area contributed by atoms with Gasteiger partial charge in [-0.05, 0) is 49.2 Å². The van der Waals surface area contributed by atoms with Crippen molar-refractivity contribution in [2.75, 3.05) is 6.54 Å². The normalized spacial score (nSPS) is 20.7. The molecule has 0 aromatic heterocycles. The third-order valence-electron chi connectivity index (χ3n) is 2.95. The zero-order chi connectivity index (χ0) is 10.8. The lowest BCUT2D eigenvalue weighted by Gasteiger charge is -2.25. The fraction of sp³-hybridized carbons (Fsp3) is 0.385. The Morgan fingerprint density at radius 2 is 1.93 bits per heavy atom. The maximum absolute atomic E-state index is 3.45. The second-order valence-electron chi connectivity index (χ2n) is 4.31. The molecule has 0 saturated heterocycles. The lowest BCUT2D eigenvalue weighted by Crippen LogP contribution is -2.36. The lowest BCUT2D eigenvalue weighted by atomic mass is 10.0. The molecule has 0 saturated carbocycles. The molecule has 0 aliphatic carbocycles. The molecule has 0 fully saturated rings. The fourth-order valence-electron chi connectivity index (χ4n) is 1.76. The zero-order valence-corrected chi connectivity index (χ0v) is 9.59. The van der Waals surface area contributed by atoms with Crippen LogP contribution in [0.3, 0.4) is 0 Å². The summed E-state index contributed by atoms with van der Waals surface area (Å²) in [5.41, 5.74) is 5.35. The Kier molecular flexibility index (Phi) is 2.78. The average molecular weight is 202 g/mol. The van der Waals surface area contributed by atoms with Crippen LogP contribution in [-0.4, -0.2) is 6.54 Å². The van der Waals surface area contributed by atoms with Gasteiger partial charge in [0.2, 0.25) is 0 Å². The third-order valence-corrected chi connectivity index (χ3v) is 2.95. The molecule has 0 spiro atoms. The van der Waals surface area contributed by atoms with Gasteiger partial charge in [-0.2, -0.15) is 0 Å². The minimum absolute atomic E-state index is 0.257. The van der Waals surface area contributed by atoms with Gasteiger partial charge in [-0.15, -0.1) is 0 Å². The van der Waals surface area contributed by atoms with Crippen LogP contribution in [0.2, 0.25) is 0 Å². The van der Waals surface area contributed by atoms with E-state index in [1.807, 2.05) is 0 Å². The van der Waals surface area contributed by atoms with Crippen LogP contribution in [0.25, 0.3) is 0 Å². The van der Waals surface area contributed by atoms with Crippen molar-refractivity contribution in [2.24, 2.45) is 0 Å². The lowest BCUT2D eigenvalue weighted by molar-refractivity contribution is 0.486. The van der Waals surface area contributed by atoms with Crippen LogP contribution in [-0.2, 0) is 0 Å². The average Bonchev–Trinajstić information content (AvgIpc) is 2.23. The number of aryl methyl sites for hydroxylation is 2. The van der Waals surface area contributed by atoms with Crippen molar-refractivity contribution in [3.8, 4) is 0 Å². The largest absolute Gasteiger partial charge is 0.372 e. The highest BCUT2D eigenvalue weighted by molar-refractivity contribution is 5.32. The Morgan fingerprint density at radius 1 is 1.13 bits per heavy atom. The number of hydrogen-bond donors (Lipinski definition) is 2. The second-order valence-corrected chi connectivity index (χ2v) is 4.31. The summed E-state index contributed by atoms with van der Waals surface area (Å²) in [6.07, 6.45) is 2.35. The first-order valence-electron chi connectivity index (χ1n) is 5.39. The topological polar surface area (TPSA) is 24.1 Å². The van der Waals surface area contributed by atoms with E-state index in [1.165, 1.54) is 22.3 Å². The van der Waals surface area contributed by atoms with Crippen LogP contribution in [0.1, 0.15) is 29.8 Å². The third kappa shape index (κ3) is 2.21.